The molecule has 4 nitrogen and oxygen atoms in total. The Morgan fingerprint density at radius 3 is 3.00 bits per heavy atom. The molecule has 0 unspecified atom stereocenters. The Labute approximate surface area is 43.5 Å². The largest absolute Gasteiger partial charge is 0.439 e. The van der Waals surface area contributed by atoms with E-state index in [2.05, 4.69) is 9.52 Å². The number of nitrogens with zero attached hydrogens (tertiary/aromatic N) is 2. The van der Waals surface area contributed by atoms with Gasteiger partial charge in [0.15, 0.2) is 6.80 Å². The van der Waals surface area contributed by atoms with Crippen LogP contribution in [0.5, 0.6) is 0 Å². The van der Waals surface area contributed by atoms with Crippen LogP contribution in [-0.2, 0) is 6.80 Å². The van der Waals surface area contributed by atoms with Crippen molar-refractivity contribution in [2.24, 2.45) is 0 Å². The molecule has 0 saturated heterocycles. The molecule has 8 heavy (non-hydrogen) atoms. The summed E-state index contributed by atoms with van der Waals surface area (Å²) in [6.07, 6.45) is 0.891. The number of halogens is 1. The van der Waals surface area contributed by atoms with Crippen molar-refractivity contribution in [3.05, 3.63) is 16.9 Å². The fourth-order valence-electron chi connectivity index (χ4n) is 0.313. The molecule has 0 aliphatic heterocycles. The molecule has 1 aromatic rings. The highest BCUT2D eigenvalue weighted by Crippen LogP contribution is 1.73. The number of rotatable bonds is 1. The van der Waals surface area contributed by atoms with Gasteiger partial charge in [-0.25, -0.2) is 9.18 Å². The smallest absolute Gasteiger partial charge is 0.395 e. The second kappa shape index (κ2) is 1.77. The van der Waals surface area contributed by atoms with Gasteiger partial charge in [-0.2, -0.15) is 4.68 Å². The third kappa shape index (κ3) is 0.617. The molecule has 0 bridgehead atoms. The highest BCUT2D eigenvalue weighted by atomic mass is 19.1. The molecule has 0 atom stereocenters. The van der Waals surface area contributed by atoms with Crippen LogP contribution >= 0.6 is 0 Å². The first kappa shape index (κ1) is 5.02. The third-order valence-corrected chi connectivity index (χ3v) is 0.664. The van der Waals surface area contributed by atoms with Gasteiger partial charge < -0.3 is 4.42 Å². The van der Waals surface area contributed by atoms with Gasteiger partial charge in [-0.3, -0.25) is 0 Å². The second-order valence-electron chi connectivity index (χ2n) is 1.12. The van der Waals surface area contributed by atoms with E-state index in [0.717, 1.165) is 6.39 Å². The number of alkyl halides is 1. The molecule has 0 aliphatic rings. The van der Waals surface area contributed by atoms with Crippen LogP contribution in [0.25, 0.3) is 0 Å². The second-order valence-corrected chi connectivity index (χ2v) is 1.12. The maximum Gasteiger partial charge on any atom is 0.439 e. The van der Waals surface area contributed by atoms with E-state index in [1.165, 1.54) is 0 Å². The molecule has 0 aliphatic carbocycles. The number of hydrogen-bond donors (Lipinski definition) is 0. The third-order valence-electron chi connectivity index (χ3n) is 0.664. The van der Waals surface area contributed by atoms with Gasteiger partial charge in [0.05, 0.1) is 0 Å². The summed E-state index contributed by atoms with van der Waals surface area (Å²) in [4.78, 5) is 10.1. The Morgan fingerprint density at radius 2 is 2.75 bits per heavy atom. The Kier molecular flexibility index (Phi) is 1.11. The van der Waals surface area contributed by atoms with Crippen molar-refractivity contribution in [3.63, 3.8) is 0 Å². The average molecular weight is 118 g/mol. The first-order valence-corrected chi connectivity index (χ1v) is 1.91. The lowest BCUT2D eigenvalue weighted by atomic mass is 11.2. The lowest BCUT2D eigenvalue weighted by Gasteiger charge is -1.79. The van der Waals surface area contributed by atoms with Crippen LogP contribution in [0.3, 0.4) is 0 Å². The first-order chi connectivity index (χ1) is 3.84. The topological polar surface area (TPSA) is 48.0 Å². The molecule has 0 amide bonds. The predicted octanol–water partition coefficient (Wildman–Crippen LogP) is -0.237. The summed E-state index contributed by atoms with van der Waals surface area (Å²) in [5, 5.41) is 3.20. The van der Waals surface area contributed by atoms with Gasteiger partial charge in [-0.15, -0.1) is 5.10 Å². The van der Waals surface area contributed by atoms with Crippen LogP contribution in [0.2, 0.25) is 0 Å². The molecule has 0 saturated carbocycles. The fourth-order valence-corrected chi connectivity index (χ4v) is 0.313. The van der Waals surface area contributed by atoms with Gasteiger partial charge in [0.1, 0.15) is 0 Å². The van der Waals surface area contributed by atoms with E-state index in [-0.39, 0.29) is 0 Å². The van der Waals surface area contributed by atoms with E-state index >= 15 is 0 Å². The Morgan fingerprint density at radius 1 is 2.00 bits per heavy atom. The maximum atomic E-state index is 11.5. The summed E-state index contributed by atoms with van der Waals surface area (Å²) in [6, 6.07) is 0. The fraction of sp³-hybridized carbons (Fsp3) is 0.333. The monoisotopic (exact) mass is 118 g/mol. The molecule has 5 heteroatoms. The van der Waals surface area contributed by atoms with E-state index in [9.17, 15) is 9.18 Å². The molecule has 0 aromatic carbocycles. The SMILES string of the molecule is O=c1ocnn1CF. The molecule has 0 spiro atoms. The predicted molar refractivity (Wildman–Crippen MR) is 21.9 cm³/mol. The van der Waals surface area contributed by atoms with E-state index in [0.29, 0.717) is 4.68 Å². The number of aromatic nitrogens is 2. The van der Waals surface area contributed by atoms with Crippen LogP contribution < -0.4 is 5.76 Å². The summed E-state index contributed by atoms with van der Waals surface area (Å²) in [6.45, 7) is -0.935. The van der Waals surface area contributed by atoms with Crippen molar-refractivity contribution in [2.75, 3.05) is 0 Å². The van der Waals surface area contributed by atoms with Crippen LogP contribution in [0.1, 0.15) is 0 Å². The number of hydrogen-bond acceptors (Lipinski definition) is 3. The zero-order valence-electron chi connectivity index (χ0n) is 3.87. The molecule has 44 valence electrons. The Hall–Kier alpha value is -1.13. The zero-order chi connectivity index (χ0) is 5.98. The quantitative estimate of drug-likeness (QED) is 0.511. The van der Waals surface area contributed by atoms with Crippen LogP contribution in [0.15, 0.2) is 15.6 Å². The Bertz CT molecular complexity index is 215. The van der Waals surface area contributed by atoms with Gasteiger partial charge in [-0.05, 0) is 0 Å². The molecule has 1 heterocycles. The summed E-state index contributed by atoms with van der Waals surface area (Å²) in [5.41, 5.74) is 0. The maximum absolute atomic E-state index is 11.5. The van der Waals surface area contributed by atoms with Crippen LogP contribution in [-0.4, -0.2) is 9.78 Å². The van der Waals surface area contributed by atoms with Crippen molar-refractivity contribution in [3.8, 4) is 0 Å². The minimum absolute atomic E-state index is 0.569. The van der Waals surface area contributed by atoms with E-state index in [1.807, 2.05) is 0 Å². The molecular weight excluding hydrogens is 115 g/mol. The molecular formula is C3H3FN2O2. The molecule has 1 rings (SSSR count). The van der Waals surface area contributed by atoms with Gasteiger partial charge in [-0.1, -0.05) is 0 Å². The van der Waals surface area contributed by atoms with Crippen LogP contribution in [0.4, 0.5) is 4.39 Å². The summed E-state index contributed by atoms with van der Waals surface area (Å²) in [5.74, 6) is -0.771. The van der Waals surface area contributed by atoms with Crippen molar-refractivity contribution in [1.82, 2.24) is 9.78 Å². The normalized spacial score (nSPS) is 9.62. The zero-order valence-corrected chi connectivity index (χ0v) is 3.87. The average Bonchev–Trinajstić information content (AvgIpc) is 2.14. The standard InChI is InChI=1S/C3H3FN2O2/c4-1-6-3(7)8-2-5-6/h2H,1H2. The van der Waals surface area contributed by atoms with E-state index in [1.54, 1.807) is 0 Å². The Balaban J connectivity index is 3.11. The van der Waals surface area contributed by atoms with Gasteiger partial charge >= 0.3 is 5.76 Å². The van der Waals surface area contributed by atoms with Crippen molar-refractivity contribution < 1.29 is 8.81 Å². The van der Waals surface area contributed by atoms with Crippen molar-refractivity contribution in [1.29, 1.82) is 0 Å². The van der Waals surface area contributed by atoms with E-state index < -0.39 is 12.6 Å². The minimum atomic E-state index is -0.935. The molecule has 0 N–H and O–H groups in total. The van der Waals surface area contributed by atoms with Crippen LogP contribution in [0, 0.1) is 0 Å². The summed E-state index contributed by atoms with van der Waals surface area (Å²) in [7, 11) is 0. The molecule has 0 fully saturated rings. The van der Waals surface area contributed by atoms with Gasteiger partial charge in [0.25, 0.3) is 0 Å². The minimum Gasteiger partial charge on any atom is -0.395 e. The molecule has 1 aromatic heterocycles. The lowest BCUT2D eigenvalue weighted by Crippen LogP contribution is -2.13. The summed E-state index contributed by atoms with van der Waals surface area (Å²) >= 11 is 0. The molecule has 0 radical (unpaired) electrons. The highest BCUT2D eigenvalue weighted by molar-refractivity contribution is 4.46. The van der Waals surface area contributed by atoms with Crippen molar-refractivity contribution in [2.45, 2.75) is 6.80 Å². The highest BCUT2D eigenvalue weighted by Gasteiger charge is 1.94. The summed E-state index contributed by atoms with van der Waals surface area (Å²) < 4.78 is 16.1. The van der Waals surface area contributed by atoms with Gasteiger partial charge in [0.2, 0.25) is 6.39 Å². The van der Waals surface area contributed by atoms with Gasteiger partial charge in [0, 0.05) is 0 Å². The van der Waals surface area contributed by atoms with Crippen molar-refractivity contribution >= 4 is 0 Å². The lowest BCUT2D eigenvalue weighted by molar-refractivity contribution is 0.328. The first-order valence-electron chi connectivity index (χ1n) is 1.91. The van der Waals surface area contributed by atoms with E-state index in [4.69, 9.17) is 0 Å².